The van der Waals surface area contributed by atoms with E-state index in [1.807, 2.05) is 24.3 Å². The van der Waals surface area contributed by atoms with E-state index in [0.29, 0.717) is 36.5 Å². The summed E-state index contributed by atoms with van der Waals surface area (Å²) in [5.41, 5.74) is 3.05. The maximum absolute atomic E-state index is 12.4. The molecule has 1 aliphatic carbocycles. The molecule has 0 unspecified atom stereocenters. The molecule has 1 amide bonds. The van der Waals surface area contributed by atoms with Gasteiger partial charge in [-0.1, -0.05) is 49.3 Å². The van der Waals surface area contributed by atoms with E-state index < -0.39 is 0 Å². The number of carbonyl (C=O) groups excluding carboxylic acids is 1. The summed E-state index contributed by atoms with van der Waals surface area (Å²) in [6, 6.07) is 11.9. The van der Waals surface area contributed by atoms with Gasteiger partial charge < -0.3 is 14.6 Å². The number of hydrogen-bond acceptors (Lipinski definition) is 6. The quantitative estimate of drug-likeness (QED) is 0.519. The minimum atomic E-state index is -0.0818. The zero-order valence-corrected chi connectivity index (χ0v) is 18.7. The summed E-state index contributed by atoms with van der Waals surface area (Å²) in [7, 11) is 0. The maximum atomic E-state index is 12.4. The van der Waals surface area contributed by atoms with Crippen molar-refractivity contribution in [3.05, 3.63) is 59.6 Å². The Kier molecular flexibility index (Phi) is 7.14. The van der Waals surface area contributed by atoms with Gasteiger partial charge in [0.05, 0.1) is 0 Å². The van der Waals surface area contributed by atoms with Crippen molar-refractivity contribution < 1.29 is 14.1 Å². The van der Waals surface area contributed by atoms with E-state index in [2.05, 4.69) is 46.4 Å². The molecule has 0 saturated heterocycles. The topological polar surface area (TPSA) is 90.1 Å². The van der Waals surface area contributed by atoms with Crippen molar-refractivity contribution in [3.8, 4) is 17.3 Å². The molecule has 0 atom stereocenters. The smallest absolute Gasteiger partial charge is 0.227 e. The third-order valence-electron chi connectivity index (χ3n) is 5.78. The van der Waals surface area contributed by atoms with Crippen LogP contribution in [0.1, 0.15) is 68.9 Å². The molecule has 0 radical (unpaired) electrons. The van der Waals surface area contributed by atoms with Gasteiger partial charge in [-0.25, -0.2) is 4.98 Å². The summed E-state index contributed by atoms with van der Waals surface area (Å²) in [5.74, 6) is 2.00. The van der Waals surface area contributed by atoms with Gasteiger partial charge in [0, 0.05) is 36.7 Å². The molecule has 1 aliphatic rings. The fraction of sp³-hybridized carbons (Fsp3) is 0.440. The number of aromatic nitrogens is 3. The fourth-order valence-electron chi connectivity index (χ4n) is 3.82. The van der Waals surface area contributed by atoms with Crippen LogP contribution in [0.3, 0.4) is 0 Å². The van der Waals surface area contributed by atoms with Crippen molar-refractivity contribution in [2.24, 2.45) is 0 Å². The number of nitrogens with one attached hydrogen (secondary N) is 1. The summed E-state index contributed by atoms with van der Waals surface area (Å²) >= 11 is 0. The molecular weight excluding hydrogens is 404 g/mol. The predicted molar refractivity (Wildman–Crippen MR) is 121 cm³/mol. The van der Waals surface area contributed by atoms with Crippen LogP contribution in [-0.2, 0) is 17.8 Å². The second-order valence-corrected chi connectivity index (χ2v) is 8.56. The lowest BCUT2D eigenvalue weighted by Gasteiger charge is -2.15. The number of hydrogen-bond donors (Lipinski definition) is 1. The molecule has 4 rings (SSSR count). The summed E-state index contributed by atoms with van der Waals surface area (Å²) in [5, 5.41) is 6.99. The number of amides is 1. The van der Waals surface area contributed by atoms with Gasteiger partial charge in [0.1, 0.15) is 6.10 Å². The number of ether oxygens (including phenoxy) is 1. The molecule has 1 fully saturated rings. The van der Waals surface area contributed by atoms with E-state index in [9.17, 15) is 4.79 Å². The summed E-state index contributed by atoms with van der Waals surface area (Å²) in [6.45, 7) is 4.70. The Morgan fingerprint density at radius 3 is 2.72 bits per heavy atom. The Bertz CT molecular complexity index is 1020. The average Bonchev–Trinajstić information content (AvgIpc) is 3.49. The van der Waals surface area contributed by atoms with E-state index in [0.717, 1.165) is 24.0 Å². The molecule has 7 heteroatoms. The van der Waals surface area contributed by atoms with Crippen LogP contribution in [0, 0.1) is 0 Å². The van der Waals surface area contributed by atoms with Gasteiger partial charge >= 0.3 is 0 Å². The Hall–Kier alpha value is -3.22. The minimum Gasteiger partial charge on any atom is -0.474 e. The molecule has 2 aromatic heterocycles. The van der Waals surface area contributed by atoms with E-state index in [4.69, 9.17) is 9.26 Å². The van der Waals surface area contributed by atoms with Crippen molar-refractivity contribution in [1.82, 2.24) is 20.4 Å². The molecule has 32 heavy (non-hydrogen) atoms. The molecule has 1 N–H and O–H groups in total. The molecule has 0 aliphatic heterocycles. The average molecular weight is 435 g/mol. The number of aryl methyl sites for hydroxylation is 1. The summed E-state index contributed by atoms with van der Waals surface area (Å²) in [4.78, 5) is 21.1. The Morgan fingerprint density at radius 1 is 1.19 bits per heavy atom. The highest BCUT2D eigenvalue weighted by Crippen LogP contribution is 2.25. The zero-order chi connectivity index (χ0) is 22.3. The van der Waals surface area contributed by atoms with Crippen molar-refractivity contribution >= 4 is 5.91 Å². The molecule has 3 aromatic rings. The van der Waals surface area contributed by atoms with Gasteiger partial charge in [-0.2, -0.15) is 4.98 Å². The summed E-state index contributed by atoms with van der Waals surface area (Å²) < 4.78 is 11.4. The van der Waals surface area contributed by atoms with Crippen LogP contribution in [-0.4, -0.2) is 27.1 Å². The molecule has 0 spiro atoms. The molecule has 1 aromatic carbocycles. The number of rotatable bonds is 9. The Labute approximate surface area is 188 Å². The second kappa shape index (κ2) is 10.4. The van der Waals surface area contributed by atoms with Crippen molar-refractivity contribution in [2.45, 2.75) is 70.9 Å². The number of benzene rings is 1. The van der Waals surface area contributed by atoms with Crippen LogP contribution in [0.2, 0.25) is 0 Å². The Balaban J connectivity index is 1.27. The van der Waals surface area contributed by atoms with Crippen LogP contribution < -0.4 is 10.1 Å². The molecule has 168 valence electrons. The highest BCUT2D eigenvalue weighted by Gasteiger charge is 2.19. The third-order valence-corrected chi connectivity index (χ3v) is 5.78. The first kappa shape index (κ1) is 22.0. The standard InChI is InChI=1S/C25H30N4O3/c1-17(2)18-9-11-19(12-10-18)24-28-23(32-29-24)14-13-22(30)27-16-20-6-5-15-26-25(20)31-21-7-3-4-8-21/h5-6,9-12,15,17,21H,3-4,7-8,13-14,16H2,1-2H3,(H,27,30). The third kappa shape index (κ3) is 5.72. The monoisotopic (exact) mass is 434 g/mol. The SMILES string of the molecule is CC(C)c1ccc(-c2noc(CCC(=O)NCc3cccnc3OC3CCCC3)n2)cc1. The van der Waals surface area contributed by atoms with Gasteiger partial charge in [0.25, 0.3) is 0 Å². The molecule has 1 saturated carbocycles. The summed E-state index contributed by atoms with van der Waals surface area (Å²) in [6.07, 6.45) is 7.14. The van der Waals surface area contributed by atoms with Crippen LogP contribution in [0.25, 0.3) is 11.4 Å². The first-order chi connectivity index (χ1) is 15.6. The van der Waals surface area contributed by atoms with Gasteiger partial charge in [-0.15, -0.1) is 0 Å². The maximum Gasteiger partial charge on any atom is 0.227 e. The lowest BCUT2D eigenvalue weighted by Crippen LogP contribution is -2.24. The van der Waals surface area contributed by atoms with Crippen LogP contribution in [0.4, 0.5) is 0 Å². The fourth-order valence-corrected chi connectivity index (χ4v) is 3.82. The molecule has 0 bridgehead atoms. The van der Waals surface area contributed by atoms with E-state index in [-0.39, 0.29) is 18.4 Å². The molecule has 2 heterocycles. The normalized spacial score (nSPS) is 14.1. The number of carbonyl (C=O) groups is 1. The number of nitrogens with zero attached hydrogens (tertiary/aromatic N) is 3. The van der Waals surface area contributed by atoms with Crippen molar-refractivity contribution in [2.75, 3.05) is 0 Å². The van der Waals surface area contributed by atoms with E-state index in [1.54, 1.807) is 6.20 Å². The van der Waals surface area contributed by atoms with Gasteiger partial charge in [-0.3, -0.25) is 4.79 Å². The largest absolute Gasteiger partial charge is 0.474 e. The van der Waals surface area contributed by atoms with Crippen molar-refractivity contribution in [1.29, 1.82) is 0 Å². The van der Waals surface area contributed by atoms with Crippen molar-refractivity contribution in [3.63, 3.8) is 0 Å². The lowest BCUT2D eigenvalue weighted by molar-refractivity contribution is -0.121. The van der Waals surface area contributed by atoms with Gasteiger partial charge in [0.2, 0.25) is 23.5 Å². The minimum absolute atomic E-state index is 0.0818. The van der Waals surface area contributed by atoms with E-state index in [1.165, 1.54) is 18.4 Å². The number of pyridine rings is 1. The first-order valence-electron chi connectivity index (χ1n) is 11.4. The van der Waals surface area contributed by atoms with Crippen LogP contribution in [0.15, 0.2) is 47.1 Å². The van der Waals surface area contributed by atoms with Crippen LogP contribution in [0.5, 0.6) is 5.88 Å². The van der Waals surface area contributed by atoms with Crippen LogP contribution >= 0.6 is 0 Å². The van der Waals surface area contributed by atoms with Gasteiger partial charge in [0.15, 0.2) is 0 Å². The molecular formula is C25H30N4O3. The van der Waals surface area contributed by atoms with E-state index >= 15 is 0 Å². The lowest BCUT2D eigenvalue weighted by atomic mass is 10.0. The first-order valence-corrected chi connectivity index (χ1v) is 11.4. The second-order valence-electron chi connectivity index (χ2n) is 8.56. The van der Waals surface area contributed by atoms with Gasteiger partial charge in [-0.05, 0) is 43.2 Å². The highest BCUT2D eigenvalue weighted by atomic mass is 16.5. The predicted octanol–water partition coefficient (Wildman–Crippen LogP) is 4.83. The highest BCUT2D eigenvalue weighted by molar-refractivity contribution is 5.76. The Morgan fingerprint density at radius 2 is 1.97 bits per heavy atom. The molecule has 7 nitrogen and oxygen atoms in total. The zero-order valence-electron chi connectivity index (χ0n) is 18.7.